The second kappa shape index (κ2) is 8.14. The Morgan fingerprint density at radius 3 is 2.13 bits per heavy atom. The number of carbonyl (C=O) groups excluding carboxylic acids is 1. The van der Waals surface area contributed by atoms with E-state index in [2.05, 4.69) is 35.1 Å². The van der Waals surface area contributed by atoms with Gasteiger partial charge in [-0.3, -0.25) is 4.79 Å². The molecule has 0 fully saturated rings. The Morgan fingerprint density at radius 2 is 1.73 bits per heavy atom. The van der Waals surface area contributed by atoms with Crippen molar-refractivity contribution >= 4 is 21.8 Å². The molecule has 15 heavy (non-hydrogen) atoms. The average Bonchev–Trinajstić information content (AvgIpc) is 2.26. The summed E-state index contributed by atoms with van der Waals surface area (Å²) in [5.41, 5.74) is 0. The van der Waals surface area contributed by atoms with E-state index in [1.165, 1.54) is 0 Å². The van der Waals surface area contributed by atoms with Gasteiger partial charge in [-0.05, 0) is 12.3 Å². The molecular weight excluding hydrogens is 254 g/mol. The van der Waals surface area contributed by atoms with Crippen LogP contribution < -0.4 is 5.32 Å². The van der Waals surface area contributed by atoms with E-state index in [1.807, 2.05) is 13.8 Å². The first-order valence-electron chi connectivity index (χ1n) is 5.98. The van der Waals surface area contributed by atoms with Gasteiger partial charge in [-0.15, -0.1) is 0 Å². The summed E-state index contributed by atoms with van der Waals surface area (Å²) in [6, 6.07) is 0. The Bertz CT molecular complexity index is 180. The molecule has 0 rings (SSSR count). The van der Waals surface area contributed by atoms with Gasteiger partial charge in [0.05, 0.1) is 0 Å². The quantitative estimate of drug-likeness (QED) is 0.711. The van der Waals surface area contributed by atoms with Crippen LogP contribution >= 0.6 is 15.9 Å². The molecule has 0 aromatic rings. The lowest BCUT2D eigenvalue weighted by Crippen LogP contribution is -2.35. The normalized spacial score (nSPS) is 15.1. The van der Waals surface area contributed by atoms with Crippen LogP contribution in [-0.4, -0.2) is 17.3 Å². The SMILES string of the molecule is CCC(C)C(=O)NCC(Br)C(CC)CC. The summed E-state index contributed by atoms with van der Waals surface area (Å²) in [7, 11) is 0. The van der Waals surface area contributed by atoms with Gasteiger partial charge in [-0.25, -0.2) is 0 Å². The molecule has 90 valence electrons. The standard InChI is InChI=1S/C12H24BrNO/c1-5-9(4)12(15)14-8-11(13)10(6-2)7-3/h9-11H,5-8H2,1-4H3,(H,14,15). The van der Waals surface area contributed by atoms with Crippen molar-refractivity contribution in [3.63, 3.8) is 0 Å². The van der Waals surface area contributed by atoms with Crippen LogP contribution in [0, 0.1) is 11.8 Å². The molecule has 0 aliphatic carbocycles. The number of rotatable bonds is 7. The molecule has 3 heteroatoms. The van der Waals surface area contributed by atoms with Crippen molar-refractivity contribution in [1.82, 2.24) is 5.32 Å². The van der Waals surface area contributed by atoms with Gasteiger partial charge in [0.25, 0.3) is 0 Å². The van der Waals surface area contributed by atoms with Crippen LogP contribution in [0.1, 0.15) is 47.0 Å². The van der Waals surface area contributed by atoms with Crippen LogP contribution in [0.4, 0.5) is 0 Å². The fraction of sp³-hybridized carbons (Fsp3) is 0.917. The summed E-state index contributed by atoms with van der Waals surface area (Å²) in [5, 5.41) is 3.00. The van der Waals surface area contributed by atoms with Crippen LogP contribution in [0.15, 0.2) is 0 Å². The van der Waals surface area contributed by atoms with Gasteiger partial charge in [0.2, 0.25) is 5.91 Å². The molecule has 0 bridgehead atoms. The van der Waals surface area contributed by atoms with Crippen molar-refractivity contribution in [2.45, 2.75) is 51.8 Å². The van der Waals surface area contributed by atoms with Crippen LogP contribution in [0.2, 0.25) is 0 Å². The van der Waals surface area contributed by atoms with Crippen LogP contribution in [0.3, 0.4) is 0 Å². The largest absolute Gasteiger partial charge is 0.355 e. The number of amides is 1. The number of nitrogens with one attached hydrogen (secondary N) is 1. The highest BCUT2D eigenvalue weighted by molar-refractivity contribution is 9.09. The number of alkyl halides is 1. The second-order valence-electron chi connectivity index (χ2n) is 4.15. The van der Waals surface area contributed by atoms with Gasteiger partial charge in [0.15, 0.2) is 0 Å². The molecule has 0 heterocycles. The molecule has 0 radical (unpaired) electrons. The van der Waals surface area contributed by atoms with Crippen molar-refractivity contribution in [3.05, 3.63) is 0 Å². The second-order valence-corrected chi connectivity index (χ2v) is 5.32. The minimum absolute atomic E-state index is 0.131. The molecule has 1 amide bonds. The lowest BCUT2D eigenvalue weighted by atomic mass is 9.99. The average molecular weight is 278 g/mol. The van der Waals surface area contributed by atoms with E-state index in [1.54, 1.807) is 0 Å². The monoisotopic (exact) mass is 277 g/mol. The zero-order valence-corrected chi connectivity index (χ0v) is 11.9. The van der Waals surface area contributed by atoms with Gasteiger partial charge >= 0.3 is 0 Å². The lowest BCUT2D eigenvalue weighted by Gasteiger charge is -2.20. The fourth-order valence-corrected chi connectivity index (χ4v) is 2.43. The number of hydrogen-bond acceptors (Lipinski definition) is 1. The van der Waals surface area contributed by atoms with E-state index >= 15 is 0 Å². The van der Waals surface area contributed by atoms with E-state index < -0.39 is 0 Å². The number of hydrogen-bond donors (Lipinski definition) is 1. The Kier molecular flexibility index (Phi) is 8.12. The van der Waals surface area contributed by atoms with E-state index in [0.717, 1.165) is 25.8 Å². The molecule has 0 aliphatic rings. The summed E-state index contributed by atoms with van der Waals surface area (Å²) in [5.74, 6) is 0.960. The van der Waals surface area contributed by atoms with E-state index in [0.29, 0.717) is 10.7 Å². The summed E-state index contributed by atoms with van der Waals surface area (Å²) in [6.45, 7) is 9.14. The number of halogens is 1. The zero-order chi connectivity index (χ0) is 11.8. The molecule has 0 spiro atoms. The third kappa shape index (κ3) is 5.55. The third-order valence-electron chi connectivity index (χ3n) is 3.09. The van der Waals surface area contributed by atoms with Crippen LogP contribution in [-0.2, 0) is 4.79 Å². The molecule has 2 nitrogen and oxygen atoms in total. The molecule has 0 aromatic heterocycles. The van der Waals surface area contributed by atoms with Crippen molar-refractivity contribution in [1.29, 1.82) is 0 Å². The first-order chi connectivity index (χ1) is 7.06. The molecule has 1 N–H and O–H groups in total. The minimum Gasteiger partial charge on any atom is -0.355 e. The van der Waals surface area contributed by atoms with Crippen molar-refractivity contribution in [2.24, 2.45) is 11.8 Å². The topological polar surface area (TPSA) is 29.1 Å². The van der Waals surface area contributed by atoms with Gasteiger partial charge in [0.1, 0.15) is 0 Å². The van der Waals surface area contributed by atoms with E-state index in [9.17, 15) is 4.79 Å². The Labute approximate surface area is 102 Å². The van der Waals surface area contributed by atoms with E-state index in [4.69, 9.17) is 0 Å². The fourth-order valence-electron chi connectivity index (χ4n) is 1.52. The maximum atomic E-state index is 11.5. The molecule has 0 saturated heterocycles. The molecular formula is C12H24BrNO. The Morgan fingerprint density at radius 1 is 1.20 bits per heavy atom. The number of carbonyl (C=O) groups is 1. The van der Waals surface area contributed by atoms with Gasteiger partial charge in [0, 0.05) is 17.3 Å². The molecule has 0 aromatic carbocycles. The summed E-state index contributed by atoms with van der Waals surface area (Å²) < 4.78 is 0. The van der Waals surface area contributed by atoms with Crippen LogP contribution in [0.25, 0.3) is 0 Å². The zero-order valence-electron chi connectivity index (χ0n) is 10.3. The van der Waals surface area contributed by atoms with Gasteiger partial charge in [-0.1, -0.05) is 56.5 Å². The Hall–Kier alpha value is -0.0500. The maximum Gasteiger partial charge on any atom is 0.222 e. The van der Waals surface area contributed by atoms with Crippen molar-refractivity contribution in [3.8, 4) is 0 Å². The molecule has 0 aliphatic heterocycles. The third-order valence-corrected chi connectivity index (χ3v) is 4.16. The highest BCUT2D eigenvalue weighted by Crippen LogP contribution is 2.19. The lowest BCUT2D eigenvalue weighted by molar-refractivity contribution is -0.124. The predicted molar refractivity (Wildman–Crippen MR) is 69.3 cm³/mol. The van der Waals surface area contributed by atoms with Gasteiger partial charge in [-0.2, -0.15) is 0 Å². The van der Waals surface area contributed by atoms with Crippen LogP contribution in [0.5, 0.6) is 0 Å². The van der Waals surface area contributed by atoms with E-state index in [-0.39, 0.29) is 11.8 Å². The predicted octanol–water partition coefficient (Wildman–Crippen LogP) is 3.35. The molecule has 2 unspecified atom stereocenters. The minimum atomic E-state index is 0.131. The maximum absolute atomic E-state index is 11.5. The summed E-state index contributed by atoms with van der Waals surface area (Å²) in [4.78, 5) is 11.9. The summed E-state index contributed by atoms with van der Waals surface area (Å²) >= 11 is 3.65. The molecule has 0 saturated carbocycles. The van der Waals surface area contributed by atoms with Gasteiger partial charge < -0.3 is 5.32 Å². The summed E-state index contributed by atoms with van der Waals surface area (Å²) in [6.07, 6.45) is 3.22. The smallest absolute Gasteiger partial charge is 0.222 e. The van der Waals surface area contributed by atoms with Crippen molar-refractivity contribution < 1.29 is 4.79 Å². The van der Waals surface area contributed by atoms with Crippen molar-refractivity contribution in [2.75, 3.05) is 6.54 Å². The first-order valence-corrected chi connectivity index (χ1v) is 6.90. The molecule has 2 atom stereocenters. The highest BCUT2D eigenvalue weighted by atomic mass is 79.9. The Balaban J connectivity index is 3.88. The first kappa shape index (κ1) is 14.9. The highest BCUT2D eigenvalue weighted by Gasteiger charge is 2.17.